The molecule has 1 rings (SSSR count). The Morgan fingerprint density at radius 1 is 1.47 bits per heavy atom. The van der Waals surface area contributed by atoms with Crippen LogP contribution >= 0.6 is 0 Å². The van der Waals surface area contributed by atoms with Crippen LogP contribution in [0.5, 0.6) is 0 Å². The number of hydrogen-bond acceptors (Lipinski definition) is 4. The van der Waals surface area contributed by atoms with E-state index in [0.29, 0.717) is 12.8 Å². The van der Waals surface area contributed by atoms with Crippen molar-refractivity contribution >= 4 is 16.2 Å². The Bertz CT molecular complexity index is 377. The Morgan fingerprint density at radius 3 is 2.47 bits per heavy atom. The van der Waals surface area contributed by atoms with Crippen molar-refractivity contribution in [1.82, 2.24) is 9.03 Å². The summed E-state index contributed by atoms with van der Waals surface area (Å²) in [6, 6.07) is 0. The summed E-state index contributed by atoms with van der Waals surface area (Å²) in [7, 11) is -2.40. The Kier molecular flexibility index (Phi) is 4.48. The molecule has 100 valence electrons. The molecule has 0 aromatic heterocycles. The first-order valence-electron chi connectivity index (χ1n) is 5.40. The molecule has 0 aromatic carbocycles. The fourth-order valence-electron chi connectivity index (χ4n) is 1.47. The van der Waals surface area contributed by atoms with Gasteiger partial charge in [-0.1, -0.05) is 0 Å². The minimum absolute atomic E-state index is 0.0211. The highest BCUT2D eigenvalue weighted by molar-refractivity contribution is 7.87. The number of aliphatic carboxylic acids is 1. The molecule has 7 nitrogen and oxygen atoms in total. The van der Waals surface area contributed by atoms with E-state index >= 15 is 0 Å². The van der Waals surface area contributed by atoms with Crippen LogP contribution in [-0.2, 0) is 15.0 Å². The van der Waals surface area contributed by atoms with E-state index in [9.17, 15) is 18.3 Å². The molecule has 3 N–H and O–H groups in total. The smallest absolute Gasteiger partial charge is 0.304 e. The monoisotopic (exact) mass is 266 g/mol. The zero-order chi connectivity index (χ0) is 13.1. The number of nitrogens with zero attached hydrogens (tertiary/aromatic N) is 1. The fraction of sp³-hybridized carbons (Fsp3) is 0.889. The molecule has 0 aromatic rings. The van der Waals surface area contributed by atoms with Crippen LogP contribution in [-0.4, -0.2) is 54.6 Å². The highest BCUT2D eigenvalue weighted by atomic mass is 32.2. The average Bonchev–Trinajstić information content (AvgIpc) is 2.20. The minimum Gasteiger partial charge on any atom is -0.481 e. The number of carboxylic acid groups (broad SMARTS) is 1. The summed E-state index contributed by atoms with van der Waals surface area (Å²) < 4.78 is 26.5. The minimum atomic E-state index is -3.71. The first-order chi connectivity index (χ1) is 7.75. The van der Waals surface area contributed by atoms with Crippen molar-refractivity contribution in [2.45, 2.75) is 31.3 Å². The molecule has 0 spiro atoms. The molecule has 1 fully saturated rings. The van der Waals surface area contributed by atoms with Crippen LogP contribution in [0.3, 0.4) is 0 Å². The van der Waals surface area contributed by atoms with E-state index in [1.165, 1.54) is 7.05 Å². The molecule has 0 aliphatic heterocycles. The van der Waals surface area contributed by atoms with Gasteiger partial charge in [-0.3, -0.25) is 4.79 Å². The van der Waals surface area contributed by atoms with Gasteiger partial charge in [0.2, 0.25) is 0 Å². The lowest BCUT2D eigenvalue weighted by Gasteiger charge is -2.36. The van der Waals surface area contributed by atoms with E-state index in [1.54, 1.807) is 0 Å². The Morgan fingerprint density at radius 2 is 2.06 bits per heavy atom. The van der Waals surface area contributed by atoms with Crippen molar-refractivity contribution in [3.63, 3.8) is 0 Å². The molecular formula is C9H18N2O5S. The third kappa shape index (κ3) is 4.23. The molecular weight excluding hydrogens is 248 g/mol. The Balaban J connectivity index is 2.41. The second-order valence-corrected chi connectivity index (χ2v) is 6.23. The van der Waals surface area contributed by atoms with Gasteiger partial charge in [0.25, 0.3) is 10.2 Å². The van der Waals surface area contributed by atoms with Gasteiger partial charge in [-0.15, -0.1) is 0 Å². The Hall–Kier alpha value is -0.700. The van der Waals surface area contributed by atoms with Crippen molar-refractivity contribution < 1.29 is 23.4 Å². The zero-order valence-electron chi connectivity index (χ0n) is 9.72. The average molecular weight is 266 g/mol. The van der Waals surface area contributed by atoms with Gasteiger partial charge in [0, 0.05) is 20.1 Å². The topological polar surface area (TPSA) is 107 Å². The summed E-state index contributed by atoms with van der Waals surface area (Å²) in [5, 5.41) is 18.2. The van der Waals surface area contributed by atoms with Gasteiger partial charge in [0.05, 0.1) is 12.0 Å². The van der Waals surface area contributed by atoms with Gasteiger partial charge in [0.1, 0.15) is 0 Å². The second kappa shape index (κ2) is 5.30. The standard InChI is InChI=1S/C9H18N2O5S/c1-11(6-3-8(12)13)17(15,16)10-7-9(14)4-2-5-9/h10,14H,2-7H2,1H3,(H,12,13). The number of nitrogens with one attached hydrogen (secondary N) is 1. The first kappa shape index (κ1) is 14.4. The molecule has 1 saturated carbocycles. The fourth-order valence-corrected chi connectivity index (χ4v) is 2.47. The zero-order valence-corrected chi connectivity index (χ0v) is 10.5. The van der Waals surface area contributed by atoms with E-state index in [1.807, 2.05) is 0 Å². The van der Waals surface area contributed by atoms with Crippen LogP contribution in [0.15, 0.2) is 0 Å². The molecule has 0 bridgehead atoms. The maximum atomic E-state index is 11.6. The van der Waals surface area contributed by atoms with E-state index < -0.39 is 21.8 Å². The van der Waals surface area contributed by atoms with Crippen LogP contribution in [0.2, 0.25) is 0 Å². The molecule has 0 saturated heterocycles. The SMILES string of the molecule is CN(CCC(=O)O)S(=O)(=O)NCC1(O)CCC1. The predicted molar refractivity (Wildman–Crippen MR) is 60.6 cm³/mol. The second-order valence-electron chi connectivity index (χ2n) is 4.37. The molecule has 0 heterocycles. The number of aliphatic hydroxyl groups is 1. The summed E-state index contributed by atoms with van der Waals surface area (Å²) in [6.45, 7) is -0.115. The van der Waals surface area contributed by atoms with Crippen molar-refractivity contribution in [2.24, 2.45) is 0 Å². The molecule has 0 radical (unpaired) electrons. The van der Waals surface area contributed by atoms with Crippen molar-refractivity contribution in [3.8, 4) is 0 Å². The van der Waals surface area contributed by atoms with Gasteiger partial charge in [-0.05, 0) is 19.3 Å². The van der Waals surface area contributed by atoms with Crippen molar-refractivity contribution in [1.29, 1.82) is 0 Å². The van der Waals surface area contributed by atoms with Gasteiger partial charge in [-0.25, -0.2) is 0 Å². The van der Waals surface area contributed by atoms with Crippen molar-refractivity contribution in [3.05, 3.63) is 0 Å². The summed E-state index contributed by atoms with van der Waals surface area (Å²) >= 11 is 0. The summed E-state index contributed by atoms with van der Waals surface area (Å²) in [5.41, 5.74) is -0.930. The summed E-state index contributed by atoms with van der Waals surface area (Å²) in [4.78, 5) is 10.3. The number of rotatable bonds is 7. The normalized spacial score (nSPS) is 19.0. The first-order valence-corrected chi connectivity index (χ1v) is 6.84. The summed E-state index contributed by atoms with van der Waals surface area (Å²) in [5.74, 6) is -1.05. The highest BCUT2D eigenvalue weighted by Crippen LogP contribution is 2.30. The van der Waals surface area contributed by atoms with Crippen molar-refractivity contribution in [2.75, 3.05) is 20.1 Å². The molecule has 0 unspecified atom stereocenters. The molecule has 0 atom stereocenters. The lowest BCUT2D eigenvalue weighted by Crippen LogP contribution is -2.50. The van der Waals surface area contributed by atoms with E-state index in [-0.39, 0.29) is 19.5 Å². The largest absolute Gasteiger partial charge is 0.481 e. The molecule has 1 aliphatic rings. The quantitative estimate of drug-likeness (QED) is 0.556. The van der Waals surface area contributed by atoms with Crippen LogP contribution in [0.25, 0.3) is 0 Å². The van der Waals surface area contributed by atoms with E-state index in [4.69, 9.17) is 5.11 Å². The molecule has 0 amide bonds. The summed E-state index contributed by atoms with van der Waals surface area (Å²) in [6.07, 6.45) is 1.83. The van der Waals surface area contributed by atoms with Crippen LogP contribution < -0.4 is 4.72 Å². The van der Waals surface area contributed by atoms with Crippen LogP contribution in [0, 0.1) is 0 Å². The number of carboxylic acids is 1. The molecule has 8 heteroatoms. The third-order valence-electron chi connectivity index (χ3n) is 2.92. The van der Waals surface area contributed by atoms with Gasteiger partial charge < -0.3 is 10.2 Å². The van der Waals surface area contributed by atoms with E-state index in [2.05, 4.69) is 4.72 Å². The maximum Gasteiger partial charge on any atom is 0.304 e. The van der Waals surface area contributed by atoms with Gasteiger partial charge in [-0.2, -0.15) is 17.4 Å². The van der Waals surface area contributed by atoms with Gasteiger partial charge in [0.15, 0.2) is 0 Å². The lowest BCUT2D eigenvalue weighted by atomic mass is 9.81. The number of hydrogen-bond donors (Lipinski definition) is 3. The molecule has 17 heavy (non-hydrogen) atoms. The third-order valence-corrected chi connectivity index (χ3v) is 4.43. The number of carbonyl (C=O) groups is 1. The highest BCUT2D eigenvalue weighted by Gasteiger charge is 2.35. The predicted octanol–water partition coefficient (Wildman–Crippen LogP) is -0.858. The maximum absolute atomic E-state index is 11.6. The van der Waals surface area contributed by atoms with E-state index in [0.717, 1.165) is 10.7 Å². The van der Waals surface area contributed by atoms with Crippen LogP contribution in [0.1, 0.15) is 25.7 Å². The van der Waals surface area contributed by atoms with Crippen LogP contribution in [0.4, 0.5) is 0 Å². The van der Waals surface area contributed by atoms with Gasteiger partial charge >= 0.3 is 5.97 Å². The molecule has 1 aliphatic carbocycles. The lowest BCUT2D eigenvalue weighted by molar-refractivity contribution is -0.137. The Labute approximate surface area is 101 Å².